The highest BCUT2D eigenvalue weighted by molar-refractivity contribution is 5.81. The van der Waals surface area contributed by atoms with E-state index in [0.717, 1.165) is 12.5 Å². The zero-order chi connectivity index (χ0) is 10.8. The van der Waals surface area contributed by atoms with Gasteiger partial charge >= 0.3 is 0 Å². The van der Waals surface area contributed by atoms with Crippen molar-refractivity contribution in [2.75, 3.05) is 20.3 Å². The minimum absolute atomic E-state index is 0.135. The van der Waals surface area contributed by atoms with Crippen molar-refractivity contribution in [3.63, 3.8) is 0 Å². The molecule has 2 bridgehead atoms. The molecule has 1 aliphatic heterocycles. The average Bonchev–Trinajstić information content (AvgIpc) is 2.86. The molecular formula is C10H19N3O2. The molecule has 0 aromatic heterocycles. The fourth-order valence-electron chi connectivity index (χ4n) is 2.92. The molecule has 0 aromatic rings. The van der Waals surface area contributed by atoms with Crippen molar-refractivity contribution < 1.29 is 9.53 Å². The van der Waals surface area contributed by atoms with Crippen LogP contribution in [0.4, 0.5) is 0 Å². The van der Waals surface area contributed by atoms with E-state index >= 15 is 0 Å². The smallest absolute Gasteiger partial charge is 0.253 e. The van der Waals surface area contributed by atoms with Gasteiger partial charge in [0.2, 0.25) is 0 Å². The van der Waals surface area contributed by atoms with Crippen molar-refractivity contribution in [1.82, 2.24) is 10.3 Å². The highest BCUT2D eigenvalue weighted by Gasteiger charge is 2.42. The number of nitrogens with zero attached hydrogens (tertiary/aromatic N) is 1. The number of fused-ring (bicyclic) bond motifs is 2. The molecule has 0 spiro atoms. The van der Waals surface area contributed by atoms with E-state index in [1.54, 1.807) is 7.11 Å². The number of nitrogens with one attached hydrogen (secondary N) is 1. The minimum atomic E-state index is -0.213. The Bertz CT molecular complexity index is 247. The Morgan fingerprint density at radius 1 is 1.67 bits per heavy atom. The third-order valence-electron chi connectivity index (χ3n) is 3.62. The van der Waals surface area contributed by atoms with Gasteiger partial charge in [-0.25, -0.2) is 5.84 Å². The quantitative estimate of drug-likeness (QED) is 0.374. The third-order valence-corrected chi connectivity index (χ3v) is 3.62. The first-order valence-electron chi connectivity index (χ1n) is 5.51. The molecule has 5 nitrogen and oxygen atoms in total. The summed E-state index contributed by atoms with van der Waals surface area (Å²) in [7, 11) is 1.62. The van der Waals surface area contributed by atoms with Crippen molar-refractivity contribution in [1.29, 1.82) is 0 Å². The second-order valence-corrected chi connectivity index (χ2v) is 4.51. The topological polar surface area (TPSA) is 67.6 Å². The van der Waals surface area contributed by atoms with Crippen molar-refractivity contribution in [2.45, 2.75) is 31.3 Å². The molecule has 1 amide bonds. The summed E-state index contributed by atoms with van der Waals surface area (Å²) in [5, 5.41) is 0. The van der Waals surface area contributed by atoms with Gasteiger partial charge in [-0.15, -0.1) is 0 Å². The number of hydrogen-bond donors (Lipinski definition) is 2. The highest BCUT2D eigenvalue weighted by Crippen LogP contribution is 2.38. The summed E-state index contributed by atoms with van der Waals surface area (Å²) >= 11 is 0. The van der Waals surface area contributed by atoms with Crippen LogP contribution in [0.1, 0.15) is 19.3 Å². The van der Waals surface area contributed by atoms with E-state index in [9.17, 15) is 4.79 Å². The lowest BCUT2D eigenvalue weighted by atomic mass is 10.1. The lowest BCUT2D eigenvalue weighted by Gasteiger charge is -2.33. The Kier molecular flexibility index (Phi) is 3.23. The van der Waals surface area contributed by atoms with Crippen LogP contribution in [0.3, 0.4) is 0 Å². The van der Waals surface area contributed by atoms with Gasteiger partial charge in [-0.05, 0) is 25.2 Å². The lowest BCUT2D eigenvalue weighted by Crippen LogP contribution is -2.53. The maximum Gasteiger partial charge on any atom is 0.253 e. The highest BCUT2D eigenvalue weighted by atomic mass is 16.5. The van der Waals surface area contributed by atoms with Crippen molar-refractivity contribution in [3.05, 3.63) is 0 Å². The van der Waals surface area contributed by atoms with Gasteiger partial charge in [0.15, 0.2) is 0 Å². The molecule has 2 rings (SSSR count). The first-order chi connectivity index (χ1) is 7.26. The number of likely N-dealkylation sites (tertiary alicyclic amines) is 1. The largest absolute Gasteiger partial charge is 0.383 e. The van der Waals surface area contributed by atoms with Crippen LogP contribution in [0.2, 0.25) is 0 Å². The van der Waals surface area contributed by atoms with E-state index in [0.29, 0.717) is 12.6 Å². The number of hydrogen-bond acceptors (Lipinski definition) is 4. The van der Waals surface area contributed by atoms with Gasteiger partial charge in [-0.3, -0.25) is 15.1 Å². The minimum Gasteiger partial charge on any atom is -0.383 e. The first-order valence-corrected chi connectivity index (χ1v) is 5.51. The zero-order valence-electron chi connectivity index (χ0n) is 9.11. The molecule has 5 heteroatoms. The summed E-state index contributed by atoms with van der Waals surface area (Å²) in [5.41, 5.74) is 2.23. The van der Waals surface area contributed by atoms with Gasteiger partial charge in [0.05, 0.1) is 6.61 Å². The van der Waals surface area contributed by atoms with Gasteiger partial charge in [-0.1, -0.05) is 0 Å². The molecule has 3 unspecified atom stereocenters. The number of rotatable bonds is 4. The fraction of sp³-hybridized carbons (Fsp3) is 0.900. The number of hydrazine groups is 1. The molecule has 3 atom stereocenters. The Morgan fingerprint density at radius 2 is 2.47 bits per heavy atom. The molecule has 15 heavy (non-hydrogen) atoms. The first kappa shape index (κ1) is 10.9. The van der Waals surface area contributed by atoms with Crippen molar-refractivity contribution in [3.8, 4) is 0 Å². The molecule has 1 saturated heterocycles. The van der Waals surface area contributed by atoms with E-state index in [1.165, 1.54) is 19.3 Å². The van der Waals surface area contributed by atoms with Gasteiger partial charge in [-0.2, -0.15) is 0 Å². The Morgan fingerprint density at radius 3 is 2.93 bits per heavy atom. The van der Waals surface area contributed by atoms with E-state index in [4.69, 9.17) is 10.6 Å². The third kappa shape index (κ3) is 2.00. The van der Waals surface area contributed by atoms with Crippen molar-refractivity contribution in [2.24, 2.45) is 11.8 Å². The van der Waals surface area contributed by atoms with E-state index < -0.39 is 0 Å². The number of nitrogens with two attached hydrogens (primary N) is 1. The maximum atomic E-state index is 11.6. The Balaban J connectivity index is 2.01. The molecule has 1 aliphatic carbocycles. The fourth-order valence-corrected chi connectivity index (χ4v) is 2.92. The maximum absolute atomic E-state index is 11.6. The number of ether oxygens (including phenoxy) is 1. The van der Waals surface area contributed by atoms with Crippen LogP contribution in [0.25, 0.3) is 0 Å². The summed E-state index contributed by atoms with van der Waals surface area (Å²) in [6, 6.07) is 0.350. The average molecular weight is 213 g/mol. The monoisotopic (exact) mass is 213 g/mol. The number of carbonyl (C=O) groups excluding carboxylic acids is 1. The van der Waals surface area contributed by atoms with Crippen LogP contribution in [0, 0.1) is 5.92 Å². The molecule has 0 radical (unpaired) electrons. The van der Waals surface area contributed by atoms with Crippen LogP contribution in [0.5, 0.6) is 0 Å². The van der Waals surface area contributed by atoms with Crippen LogP contribution >= 0.6 is 0 Å². The van der Waals surface area contributed by atoms with Crippen LogP contribution < -0.4 is 11.3 Å². The standard InChI is InChI=1S/C10H19N3O2/c1-15-6-9(10(14)12-11)13-5-7-2-3-8(13)4-7/h7-9H,2-6,11H2,1H3,(H,12,14). The second kappa shape index (κ2) is 4.47. The normalized spacial score (nSPS) is 31.9. The van der Waals surface area contributed by atoms with Gasteiger partial charge in [0, 0.05) is 19.7 Å². The van der Waals surface area contributed by atoms with E-state index in [-0.39, 0.29) is 11.9 Å². The number of amides is 1. The molecule has 1 saturated carbocycles. The van der Waals surface area contributed by atoms with E-state index in [1.807, 2.05) is 0 Å². The predicted octanol–water partition coefficient (Wildman–Crippen LogP) is -0.524. The SMILES string of the molecule is COCC(C(=O)NN)N1CC2CCC1C2. The lowest BCUT2D eigenvalue weighted by molar-refractivity contribution is -0.129. The van der Waals surface area contributed by atoms with Crippen LogP contribution in [-0.4, -0.2) is 43.2 Å². The zero-order valence-corrected chi connectivity index (χ0v) is 9.11. The van der Waals surface area contributed by atoms with Crippen molar-refractivity contribution >= 4 is 5.91 Å². The van der Waals surface area contributed by atoms with Crippen LogP contribution in [-0.2, 0) is 9.53 Å². The number of piperidine rings is 1. The predicted molar refractivity (Wildman–Crippen MR) is 55.8 cm³/mol. The summed E-state index contributed by atoms with van der Waals surface area (Å²) in [6.45, 7) is 1.44. The van der Waals surface area contributed by atoms with Gasteiger partial charge in [0.25, 0.3) is 5.91 Å². The van der Waals surface area contributed by atoms with Gasteiger partial charge in [0.1, 0.15) is 6.04 Å². The molecule has 86 valence electrons. The molecule has 2 fully saturated rings. The number of carbonyl (C=O) groups is 1. The molecular weight excluding hydrogens is 194 g/mol. The second-order valence-electron chi connectivity index (χ2n) is 4.51. The molecule has 3 N–H and O–H groups in total. The summed E-state index contributed by atoms with van der Waals surface area (Å²) in [5.74, 6) is 5.83. The van der Waals surface area contributed by atoms with Gasteiger partial charge < -0.3 is 4.74 Å². The molecule has 1 heterocycles. The Labute approximate surface area is 89.9 Å². The Hall–Kier alpha value is -0.650. The summed E-state index contributed by atoms with van der Waals surface area (Å²) < 4.78 is 5.09. The number of methoxy groups -OCH3 is 1. The van der Waals surface area contributed by atoms with E-state index in [2.05, 4.69) is 10.3 Å². The summed E-state index contributed by atoms with van der Waals surface area (Å²) in [6.07, 6.45) is 3.76. The molecule has 2 aliphatic rings. The summed E-state index contributed by atoms with van der Waals surface area (Å²) in [4.78, 5) is 13.9. The van der Waals surface area contributed by atoms with Crippen LogP contribution in [0.15, 0.2) is 0 Å². The molecule has 0 aromatic carbocycles.